The van der Waals surface area contributed by atoms with E-state index in [0.29, 0.717) is 41.7 Å². The van der Waals surface area contributed by atoms with Crippen LogP contribution in [0.5, 0.6) is 0 Å². The topological polar surface area (TPSA) is 88.0 Å². The van der Waals surface area contributed by atoms with Crippen molar-refractivity contribution >= 4 is 40.5 Å². The standard InChI is InChI=1S/C19H25ClN4O4S/c1-5-28-10-6-9-23-12(2)16(18(25)22(3)4)17(21-19(23)29)13-7-8-14(20)15(11-13)24(26)27/h7-8,11,17H,5-6,9-10H2,1-4H3,(H,21,29). The highest BCUT2D eigenvalue weighted by Gasteiger charge is 2.35. The number of likely N-dealkylation sites (N-methyl/N-ethyl adjacent to an activating group) is 1. The first kappa shape index (κ1) is 23.1. The number of nitrogens with zero attached hydrogens (tertiary/aromatic N) is 3. The number of carbonyl (C=O) groups excluding carboxylic acids is 1. The molecule has 1 aliphatic heterocycles. The Kier molecular flexibility index (Phi) is 7.95. The number of benzene rings is 1. The van der Waals surface area contributed by atoms with Gasteiger partial charge >= 0.3 is 0 Å². The maximum atomic E-state index is 13.0. The van der Waals surface area contributed by atoms with Crippen LogP contribution in [0.25, 0.3) is 0 Å². The molecule has 1 unspecified atom stereocenters. The average molecular weight is 441 g/mol. The smallest absolute Gasteiger partial charge is 0.288 e. The maximum Gasteiger partial charge on any atom is 0.288 e. The number of amides is 1. The van der Waals surface area contributed by atoms with E-state index in [0.717, 1.165) is 6.42 Å². The summed E-state index contributed by atoms with van der Waals surface area (Å²) in [4.78, 5) is 27.1. The Morgan fingerprint density at radius 1 is 1.45 bits per heavy atom. The molecule has 8 nitrogen and oxygen atoms in total. The minimum absolute atomic E-state index is 0.0378. The summed E-state index contributed by atoms with van der Waals surface area (Å²) in [6, 6.07) is 3.89. The molecule has 0 spiro atoms. The van der Waals surface area contributed by atoms with Gasteiger partial charge in [0.2, 0.25) is 0 Å². The van der Waals surface area contributed by atoms with Crippen molar-refractivity contribution < 1.29 is 14.5 Å². The molecule has 2 rings (SSSR count). The number of rotatable bonds is 8. The van der Waals surface area contributed by atoms with E-state index >= 15 is 0 Å². The molecule has 1 atom stereocenters. The predicted molar refractivity (Wildman–Crippen MR) is 116 cm³/mol. The van der Waals surface area contributed by atoms with E-state index in [4.69, 9.17) is 28.6 Å². The van der Waals surface area contributed by atoms with E-state index in [1.54, 1.807) is 20.2 Å². The number of thiocarbonyl (C=S) groups is 1. The van der Waals surface area contributed by atoms with E-state index in [9.17, 15) is 14.9 Å². The van der Waals surface area contributed by atoms with Crippen LogP contribution in [0.15, 0.2) is 29.5 Å². The summed E-state index contributed by atoms with van der Waals surface area (Å²) in [6.45, 7) is 5.59. The second kappa shape index (κ2) is 10.00. The van der Waals surface area contributed by atoms with E-state index in [2.05, 4.69) is 5.32 Å². The molecule has 158 valence electrons. The average Bonchev–Trinajstić information content (AvgIpc) is 2.66. The van der Waals surface area contributed by atoms with E-state index in [1.807, 2.05) is 18.7 Å². The third kappa shape index (κ3) is 5.23. The third-order valence-corrected chi connectivity index (χ3v) is 5.27. The van der Waals surface area contributed by atoms with Crippen molar-refractivity contribution in [3.8, 4) is 0 Å². The molecule has 0 fully saturated rings. The van der Waals surface area contributed by atoms with Gasteiger partial charge in [0.05, 0.1) is 16.5 Å². The largest absolute Gasteiger partial charge is 0.382 e. The van der Waals surface area contributed by atoms with Gasteiger partial charge in [-0.2, -0.15) is 0 Å². The first-order valence-corrected chi connectivity index (χ1v) is 9.99. The number of carbonyl (C=O) groups is 1. The highest BCUT2D eigenvalue weighted by molar-refractivity contribution is 7.80. The molecule has 1 N–H and O–H groups in total. The Balaban J connectivity index is 2.48. The van der Waals surface area contributed by atoms with Crippen molar-refractivity contribution in [2.75, 3.05) is 33.9 Å². The lowest BCUT2D eigenvalue weighted by molar-refractivity contribution is -0.384. The maximum absolute atomic E-state index is 13.0. The van der Waals surface area contributed by atoms with Crippen LogP contribution in [0, 0.1) is 10.1 Å². The SMILES string of the molecule is CCOCCCN1C(=S)NC(c2ccc(Cl)c([N+](=O)[O-])c2)C(C(=O)N(C)C)=C1C. The lowest BCUT2D eigenvalue weighted by atomic mass is 9.93. The Labute approximate surface area is 180 Å². The first-order chi connectivity index (χ1) is 13.7. The molecule has 1 amide bonds. The van der Waals surface area contributed by atoms with Crippen LogP contribution in [0.2, 0.25) is 5.02 Å². The molecular weight excluding hydrogens is 416 g/mol. The Hall–Kier alpha value is -2.23. The molecule has 1 aromatic rings. The van der Waals surface area contributed by atoms with Gasteiger partial charge in [0.25, 0.3) is 11.6 Å². The van der Waals surface area contributed by atoms with Crippen LogP contribution in [-0.2, 0) is 9.53 Å². The fourth-order valence-corrected chi connectivity index (χ4v) is 3.67. The summed E-state index contributed by atoms with van der Waals surface area (Å²) < 4.78 is 5.39. The van der Waals surface area contributed by atoms with Gasteiger partial charge < -0.3 is 19.9 Å². The minimum Gasteiger partial charge on any atom is -0.382 e. The zero-order valence-electron chi connectivity index (χ0n) is 16.9. The van der Waals surface area contributed by atoms with Crippen molar-refractivity contribution in [3.05, 3.63) is 50.2 Å². The molecule has 0 saturated heterocycles. The van der Waals surface area contributed by atoms with Crippen LogP contribution in [-0.4, -0.2) is 59.6 Å². The number of allylic oxidation sites excluding steroid dienone is 1. The van der Waals surface area contributed by atoms with E-state index in [1.165, 1.54) is 17.0 Å². The van der Waals surface area contributed by atoms with Gasteiger partial charge in [0.15, 0.2) is 5.11 Å². The summed E-state index contributed by atoms with van der Waals surface area (Å²) in [5.41, 5.74) is 1.52. The number of hydrogen-bond donors (Lipinski definition) is 1. The van der Waals surface area contributed by atoms with Gasteiger partial charge in [-0.05, 0) is 44.1 Å². The second-order valence-electron chi connectivity index (χ2n) is 6.75. The molecule has 1 heterocycles. The van der Waals surface area contributed by atoms with Crippen molar-refractivity contribution in [1.29, 1.82) is 0 Å². The second-order valence-corrected chi connectivity index (χ2v) is 7.55. The lowest BCUT2D eigenvalue weighted by Crippen LogP contribution is -2.49. The van der Waals surface area contributed by atoms with Gasteiger partial charge in [-0.3, -0.25) is 14.9 Å². The molecule has 0 radical (unpaired) electrons. The summed E-state index contributed by atoms with van der Waals surface area (Å²) >= 11 is 11.5. The fraction of sp³-hybridized carbons (Fsp3) is 0.474. The van der Waals surface area contributed by atoms with Gasteiger partial charge in [-0.1, -0.05) is 17.7 Å². The first-order valence-electron chi connectivity index (χ1n) is 9.21. The normalized spacial score (nSPS) is 16.7. The Morgan fingerprint density at radius 3 is 2.72 bits per heavy atom. The minimum atomic E-state index is -0.614. The van der Waals surface area contributed by atoms with Crippen molar-refractivity contribution in [1.82, 2.24) is 15.1 Å². The van der Waals surface area contributed by atoms with E-state index in [-0.39, 0.29) is 16.6 Å². The van der Waals surface area contributed by atoms with Gasteiger partial charge in [0.1, 0.15) is 5.02 Å². The molecule has 1 aliphatic rings. The Bertz CT molecular complexity index is 843. The highest BCUT2D eigenvalue weighted by Crippen LogP contribution is 2.35. The number of nitro groups is 1. The number of hydrogen-bond acceptors (Lipinski definition) is 5. The van der Waals surface area contributed by atoms with Crippen molar-refractivity contribution in [2.45, 2.75) is 26.3 Å². The fourth-order valence-electron chi connectivity index (χ4n) is 3.14. The lowest BCUT2D eigenvalue weighted by Gasteiger charge is -2.38. The summed E-state index contributed by atoms with van der Waals surface area (Å²) in [5, 5.41) is 15.0. The zero-order chi connectivity index (χ0) is 21.7. The highest BCUT2D eigenvalue weighted by atomic mass is 35.5. The number of ether oxygens (including phenoxy) is 1. The molecule has 1 aromatic carbocycles. The molecule has 0 aliphatic carbocycles. The summed E-state index contributed by atoms with van der Waals surface area (Å²) in [7, 11) is 3.33. The summed E-state index contributed by atoms with van der Waals surface area (Å²) in [6.07, 6.45) is 0.744. The monoisotopic (exact) mass is 440 g/mol. The van der Waals surface area contributed by atoms with Gasteiger partial charge in [0, 0.05) is 45.6 Å². The zero-order valence-corrected chi connectivity index (χ0v) is 18.5. The molecular formula is C19H25ClN4O4S. The van der Waals surface area contributed by atoms with E-state index < -0.39 is 11.0 Å². The molecule has 0 aromatic heterocycles. The van der Waals surface area contributed by atoms with Crippen molar-refractivity contribution in [2.24, 2.45) is 0 Å². The molecule has 10 heteroatoms. The third-order valence-electron chi connectivity index (χ3n) is 4.61. The predicted octanol–water partition coefficient (Wildman–Crippen LogP) is 3.27. The number of nitro benzene ring substituents is 1. The molecule has 0 saturated carbocycles. The van der Waals surface area contributed by atoms with Crippen LogP contribution in [0.4, 0.5) is 5.69 Å². The summed E-state index contributed by atoms with van der Waals surface area (Å²) in [5.74, 6) is -0.199. The number of nitrogens with one attached hydrogen (secondary N) is 1. The quantitative estimate of drug-likeness (QED) is 0.287. The van der Waals surface area contributed by atoms with Gasteiger partial charge in [-0.25, -0.2) is 0 Å². The van der Waals surface area contributed by atoms with Crippen LogP contribution < -0.4 is 5.32 Å². The van der Waals surface area contributed by atoms with Crippen LogP contribution in [0.3, 0.4) is 0 Å². The molecule has 29 heavy (non-hydrogen) atoms. The molecule has 0 bridgehead atoms. The Morgan fingerprint density at radius 2 is 2.14 bits per heavy atom. The van der Waals surface area contributed by atoms with Crippen LogP contribution in [0.1, 0.15) is 31.9 Å². The van der Waals surface area contributed by atoms with Gasteiger partial charge in [-0.15, -0.1) is 0 Å². The van der Waals surface area contributed by atoms with Crippen molar-refractivity contribution in [3.63, 3.8) is 0 Å². The number of halogens is 1. The van der Waals surface area contributed by atoms with Crippen LogP contribution >= 0.6 is 23.8 Å².